The molecule has 7 heteroatoms. The normalized spacial score (nSPS) is 17.8. The van der Waals surface area contributed by atoms with E-state index in [-0.39, 0.29) is 10.8 Å². The summed E-state index contributed by atoms with van der Waals surface area (Å²) in [7, 11) is 0. The fourth-order valence-electron chi connectivity index (χ4n) is 3.38. The van der Waals surface area contributed by atoms with Crippen molar-refractivity contribution in [2.75, 3.05) is 0 Å². The molecule has 3 aromatic rings. The Morgan fingerprint density at radius 1 is 1.58 bits per heavy atom. The Labute approximate surface area is 159 Å². The summed E-state index contributed by atoms with van der Waals surface area (Å²) in [5, 5.41) is 10.2. The summed E-state index contributed by atoms with van der Waals surface area (Å²) in [5.74, 6) is 1.35. The molecule has 3 heterocycles. The van der Waals surface area contributed by atoms with Gasteiger partial charge in [0.2, 0.25) is 0 Å². The molecule has 1 aliphatic rings. The van der Waals surface area contributed by atoms with Gasteiger partial charge in [0.15, 0.2) is 5.16 Å². The minimum Gasteiger partial charge on any atom is -0.467 e. The van der Waals surface area contributed by atoms with E-state index in [1.807, 2.05) is 19.1 Å². The van der Waals surface area contributed by atoms with Crippen LogP contribution < -0.4 is 5.56 Å². The van der Waals surface area contributed by atoms with Gasteiger partial charge >= 0.3 is 0 Å². The van der Waals surface area contributed by atoms with Gasteiger partial charge in [-0.15, -0.1) is 11.3 Å². The van der Waals surface area contributed by atoms with Crippen LogP contribution in [-0.4, -0.2) is 14.8 Å². The molecule has 0 spiro atoms. The van der Waals surface area contributed by atoms with Gasteiger partial charge in [0.1, 0.15) is 10.6 Å². The minimum absolute atomic E-state index is 0.0221. The molecule has 0 bridgehead atoms. The summed E-state index contributed by atoms with van der Waals surface area (Å²) in [6.07, 6.45) is 4.67. The third-order valence-corrected chi connectivity index (χ3v) is 6.87. The lowest BCUT2D eigenvalue weighted by Crippen LogP contribution is -2.25. The highest BCUT2D eigenvalue weighted by atomic mass is 32.2. The minimum atomic E-state index is -0.281. The number of fused-ring (bicyclic) bond motifs is 3. The predicted octanol–water partition coefficient (Wildman–Crippen LogP) is 4.23. The van der Waals surface area contributed by atoms with E-state index in [1.165, 1.54) is 22.2 Å². The number of rotatable bonds is 4. The summed E-state index contributed by atoms with van der Waals surface area (Å²) in [4.78, 5) is 20.2. The zero-order valence-electron chi connectivity index (χ0n) is 14.7. The second kappa shape index (κ2) is 6.93. The predicted molar refractivity (Wildman–Crippen MR) is 104 cm³/mol. The van der Waals surface area contributed by atoms with Gasteiger partial charge in [-0.2, -0.15) is 5.26 Å². The van der Waals surface area contributed by atoms with Crippen LogP contribution in [0, 0.1) is 17.2 Å². The third-order valence-electron chi connectivity index (χ3n) is 4.74. The molecule has 0 saturated heterocycles. The second-order valence-electron chi connectivity index (χ2n) is 6.79. The first-order valence-corrected chi connectivity index (χ1v) is 10.4. The second-order valence-corrected chi connectivity index (χ2v) is 9.18. The van der Waals surface area contributed by atoms with Crippen LogP contribution >= 0.6 is 23.1 Å². The van der Waals surface area contributed by atoms with E-state index in [2.05, 4.69) is 13.0 Å². The zero-order chi connectivity index (χ0) is 18.3. The Bertz CT molecular complexity index is 1040. The largest absolute Gasteiger partial charge is 0.467 e. The molecule has 0 saturated carbocycles. The van der Waals surface area contributed by atoms with Gasteiger partial charge in [-0.1, -0.05) is 18.7 Å². The lowest BCUT2D eigenvalue weighted by molar-refractivity contribution is 0.476. The van der Waals surface area contributed by atoms with Gasteiger partial charge in [0, 0.05) is 4.88 Å². The van der Waals surface area contributed by atoms with Gasteiger partial charge in [0.05, 0.1) is 29.5 Å². The van der Waals surface area contributed by atoms with Gasteiger partial charge in [-0.3, -0.25) is 9.36 Å². The van der Waals surface area contributed by atoms with Gasteiger partial charge in [0.25, 0.3) is 5.56 Å². The number of thiophene rings is 1. The van der Waals surface area contributed by atoms with Crippen molar-refractivity contribution in [3.63, 3.8) is 0 Å². The lowest BCUT2D eigenvalue weighted by atomic mass is 9.89. The van der Waals surface area contributed by atoms with E-state index in [4.69, 9.17) is 9.40 Å². The quantitative estimate of drug-likeness (QED) is 0.496. The fraction of sp³-hybridized carbons (Fsp3) is 0.421. The van der Waals surface area contributed by atoms with Gasteiger partial charge < -0.3 is 4.42 Å². The number of hydrogen-bond acceptors (Lipinski definition) is 6. The maximum Gasteiger partial charge on any atom is 0.263 e. The Morgan fingerprint density at radius 3 is 3.15 bits per heavy atom. The number of nitrogens with zero attached hydrogens (tertiary/aromatic N) is 3. The topological polar surface area (TPSA) is 71.8 Å². The average molecular weight is 386 g/mol. The number of hydrogen-bond donors (Lipinski definition) is 0. The summed E-state index contributed by atoms with van der Waals surface area (Å²) >= 11 is 2.96. The molecule has 0 N–H and O–H groups in total. The van der Waals surface area contributed by atoms with E-state index in [0.29, 0.717) is 23.4 Å². The average Bonchev–Trinajstić information content (AvgIpc) is 3.24. The molecule has 2 atom stereocenters. The van der Waals surface area contributed by atoms with Crippen molar-refractivity contribution < 1.29 is 4.42 Å². The molecule has 0 amide bonds. The van der Waals surface area contributed by atoms with Gasteiger partial charge in [-0.05, 0) is 49.8 Å². The first-order valence-electron chi connectivity index (χ1n) is 8.70. The first-order chi connectivity index (χ1) is 12.6. The maximum atomic E-state index is 13.4. The fourth-order valence-corrected chi connectivity index (χ4v) is 5.60. The van der Waals surface area contributed by atoms with Crippen LogP contribution in [0.1, 0.15) is 36.5 Å². The molecule has 1 aliphatic carbocycles. The number of furan rings is 1. The standard InChI is InChI=1S/C19H19N3O2S2/c1-11-5-6-14-15(8-11)26-17-16(14)18(23)22(10-13-4-3-7-24-13)19(21-17)25-12(2)9-20/h3-4,7,11-12H,5-6,8,10H2,1-2H3. The molecule has 3 aromatic heterocycles. The highest BCUT2D eigenvalue weighted by Gasteiger charge is 2.25. The number of nitriles is 1. The van der Waals surface area contributed by atoms with Crippen molar-refractivity contribution in [3.05, 3.63) is 45.0 Å². The van der Waals surface area contributed by atoms with E-state index in [0.717, 1.165) is 29.5 Å². The van der Waals surface area contributed by atoms with Crippen LogP contribution in [0.4, 0.5) is 0 Å². The van der Waals surface area contributed by atoms with Crippen LogP contribution in [0.15, 0.2) is 32.8 Å². The van der Waals surface area contributed by atoms with Crippen LogP contribution in [0.25, 0.3) is 10.2 Å². The molecule has 2 unspecified atom stereocenters. The van der Waals surface area contributed by atoms with Crippen molar-refractivity contribution in [3.8, 4) is 6.07 Å². The SMILES string of the molecule is CC1CCc2c(sc3nc(SC(C)C#N)n(Cc4ccco4)c(=O)c23)C1. The number of aromatic nitrogens is 2. The Hall–Kier alpha value is -2.04. The van der Waals surface area contributed by atoms with Crippen molar-refractivity contribution in [1.29, 1.82) is 5.26 Å². The number of aryl methyl sites for hydroxylation is 1. The molecule has 0 fully saturated rings. The molecule has 5 nitrogen and oxygen atoms in total. The Balaban J connectivity index is 1.90. The molecule has 134 valence electrons. The summed E-state index contributed by atoms with van der Waals surface area (Å²) < 4.78 is 7.10. The zero-order valence-corrected chi connectivity index (χ0v) is 16.3. The molecule has 26 heavy (non-hydrogen) atoms. The molecule has 0 aliphatic heterocycles. The van der Waals surface area contributed by atoms with Crippen LogP contribution in [0.2, 0.25) is 0 Å². The van der Waals surface area contributed by atoms with Crippen LogP contribution in [-0.2, 0) is 19.4 Å². The van der Waals surface area contributed by atoms with Crippen molar-refractivity contribution in [2.45, 2.75) is 50.1 Å². The van der Waals surface area contributed by atoms with Crippen molar-refractivity contribution in [2.24, 2.45) is 5.92 Å². The van der Waals surface area contributed by atoms with Crippen molar-refractivity contribution in [1.82, 2.24) is 9.55 Å². The smallest absolute Gasteiger partial charge is 0.263 e. The van der Waals surface area contributed by atoms with Gasteiger partial charge in [-0.25, -0.2) is 4.98 Å². The van der Waals surface area contributed by atoms with E-state index < -0.39 is 0 Å². The van der Waals surface area contributed by atoms with Crippen molar-refractivity contribution >= 4 is 33.3 Å². The maximum absolute atomic E-state index is 13.4. The summed E-state index contributed by atoms with van der Waals surface area (Å²) in [6, 6.07) is 5.87. The van der Waals surface area contributed by atoms with E-state index in [1.54, 1.807) is 22.2 Å². The van der Waals surface area contributed by atoms with E-state index >= 15 is 0 Å². The molecule has 4 rings (SSSR count). The Morgan fingerprint density at radius 2 is 2.42 bits per heavy atom. The van der Waals surface area contributed by atoms with E-state index in [9.17, 15) is 10.1 Å². The molecular weight excluding hydrogens is 366 g/mol. The molecule has 0 aromatic carbocycles. The van der Waals surface area contributed by atoms with Crippen LogP contribution in [0.3, 0.4) is 0 Å². The highest BCUT2D eigenvalue weighted by Crippen LogP contribution is 2.37. The van der Waals surface area contributed by atoms with Crippen LogP contribution in [0.5, 0.6) is 0 Å². The first kappa shape index (κ1) is 17.4. The highest BCUT2D eigenvalue weighted by molar-refractivity contribution is 8.00. The molecular formula is C19H19N3O2S2. The third kappa shape index (κ3) is 3.08. The lowest BCUT2D eigenvalue weighted by Gasteiger charge is -2.17. The summed E-state index contributed by atoms with van der Waals surface area (Å²) in [6.45, 7) is 4.40. The summed E-state index contributed by atoms with van der Waals surface area (Å²) in [5.41, 5.74) is 1.16. The Kier molecular flexibility index (Phi) is 4.63. The molecule has 0 radical (unpaired) electrons. The number of thioether (sulfide) groups is 1. The monoisotopic (exact) mass is 385 g/mol.